The summed E-state index contributed by atoms with van der Waals surface area (Å²) >= 11 is 1.33. The van der Waals surface area contributed by atoms with Crippen LogP contribution in [0.5, 0.6) is 11.5 Å². The molecule has 0 spiro atoms. The van der Waals surface area contributed by atoms with Gasteiger partial charge in [0.2, 0.25) is 4.80 Å². The Bertz CT molecular complexity index is 1970. The Balaban J connectivity index is 1.55. The molecular weight excluding hydrogens is 526 g/mol. The Kier molecular flexibility index (Phi) is 6.45. The van der Waals surface area contributed by atoms with Gasteiger partial charge in [0.05, 0.1) is 24.7 Å². The van der Waals surface area contributed by atoms with E-state index in [1.54, 1.807) is 39.3 Å². The number of hydrogen-bond acceptors (Lipinski definition) is 7. The molecule has 10 heteroatoms. The fourth-order valence-corrected chi connectivity index (χ4v) is 5.25. The Morgan fingerprint density at radius 2 is 1.80 bits per heavy atom. The van der Waals surface area contributed by atoms with E-state index in [9.17, 15) is 9.90 Å². The molecule has 0 aliphatic carbocycles. The summed E-state index contributed by atoms with van der Waals surface area (Å²) in [4.78, 5) is 18.8. The van der Waals surface area contributed by atoms with Crippen molar-refractivity contribution in [2.24, 2.45) is 17.1 Å². The molecule has 0 radical (unpaired) electrons. The van der Waals surface area contributed by atoms with E-state index < -0.39 is 0 Å². The maximum atomic E-state index is 13.6. The highest BCUT2D eigenvalue weighted by atomic mass is 32.1. The summed E-state index contributed by atoms with van der Waals surface area (Å²) in [5, 5.41) is 17.9. The number of phenolic OH excluding ortho intramolecular Hbond substituents is 1. The molecule has 200 valence electrons. The highest BCUT2D eigenvalue weighted by Gasteiger charge is 2.18. The van der Waals surface area contributed by atoms with E-state index in [0.717, 1.165) is 16.7 Å². The van der Waals surface area contributed by atoms with Gasteiger partial charge in [0, 0.05) is 23.4 Å². The van der Waals surface area contributed by atoms with E-state index in [2.05, 4.69) is 5.10 Å². The van der Waals surface area contributed by atoms with Crippen LogP contribution in [0, 0.1) is 6.92 Å². The van der Waals surface area contributed by atoms with Gasteiger partial charge in [-0.3, -0.25) is 9.48 Å². The minimum absolute atomic E-state index is 0.0498. The van der Waals surface area contributed by atoms with E-state index >= 15 is 0 Å². The lowest BCUT2D eigenvalue weighted by atomic mass is 10.2. The van der Waals surface area contributed by atoms with Crippen LogP contribution in [0.25, 0.3) is 28.1 Å². The average molecular weight is 552 g/mol. The largest absolute Gasteiger partial charge is 0.507 e. The summed E-state index contributed by atoms with van der Waals surface area (Å²) in [5.41, 5.74) is 3.36. The number of aromatic hydroxyl groups is 1. The molecule has 6 aromatic rings. The topological polar surface area (TPSA) is 99.2 Å². The number of fused-ring (bicyclic) bond motifs is 1. The molecule has 0 bridgehead atoms. The van der Waals surface area contributed by atoms with Crippen LogP contribution in [-0.4, -0.2) is 32.5 Å². The van der Waals surface area contributed by atoms with Crippen molar-refractivity contribution in [2.45, 2.75) is 6.92 Å². The molecule has 0 fully saturated rings. The third-order valence-corrected chi connectivity index (χ3v) is 7.46. The third kappa shape index (κ3) is 4.44. The molecule has 3 aromatic heterocycles. The zero-order chi connectivity index (χ0) is 27.8. The van der Waals surface area contributed by atoms with E-state index in [-0.39, 0.29) is 11.3 Å². The minimum atomic E-state index is -0.245. The first-order chi connectivity index (χ1) is 19.4. The first kappa shape index (κ1) is 25.2. The number of furan rings is 1. The number of nitrogens with zero attached hydrogens (tertiary/aromatic N) is 5. The molecule has 40 heavy (non-hydrogen) atoms. The van der Waals surface area contributed by atoms with Gasteiger partial charge in [0.1, 0.15) is 22.8 Å². The van der Waals surface area contributed by atoms with Crippen molar-refractivity contribution < 1.29 is 14.3 Å². The molecule has 0 aliphatic heterocycles. The van der Waals surface area contributed by atoms with Crippen LogP contribution in [0.1, 0.15) is 11.3 Å². The number of benzene rings is 3. The Hall–Kier alpha value is -5.09. The number of thiazole rings is 1. The van der Waals surface area contributed by atoms with Crippen molar-refractivity contribution in [3.05, 3.63) is 111 Å². The maximum absolute atomic E-state index is 13.6. The maximum Gasteiger partial charge on any atom is 0.297 e. The highest BCUT2D eigenvalue weighted by Crippen LogP contribution is 2.29. The number of para-hydroxylation sites is 2. The second-order valence-corrected chi connectivity index (χ2v) is 9.89. The molecule has 3 aromatic carbocycles. The van der Waals surface area contributed by atoms with Gasteiger partial charge in [0.15, 0.2) is 11.4 Å². The van der Waals surface area contributed by atoms with Crippen molar-refractivity contribution >= 4 is 34.2 Å². The molecule has 0 aliphatic rings. The number of ether oxygens (including phenoxy) is 1. The zero-order valence-electron chi connectivity index (χ0n) is 22.0. The van der Waals surface area contributed by atoms with Crippen molar-refractivity contribution in [3.63, 3.8) is 0 Å². The number of aromatic nitrogens is 3. The average Bonchev–Trinajstić information content (AvgIpc) is 3.64. The number of methoxy groups -OCH3 is 1. The lowest BCUT2D eigenvalue weighted by molar-refractivity contribution is 0.412. The second-order valence-electron chi connectivity index (χ2n) is 9.06. The summed E-state index contributed by atoms with van der Waals surface area (Å²) in [6.07, 6.45) is 1.52. The van der Waals surface area contributed by atoms with Gasteiger partial charge >= 0.3 is 0 Å². The normalized spacial score (nSPS) is 12.1. The second kappa shape index (κ2) is 10.2. The number of rotatable bonds is 6. The monoisotopic (exact) mass is 551 g/mol. The van der Waals surface area contributed by atoms with E-state index in [1.807, 2.05) is 80.0 Å². The molecule has 0 amide bonds. The molecule has 9 nitrogen and oxygen atoms in total. The molecule has 1 N–H and O–H groups in total. The van der Waals surface area contributed by atoms with Gasteiger partial charge in [-0.2, -0.15) is 5.10 Å². The Morgan fingerprint density at radius 3 is 2.58 bits per heavy atom. The Labute approximate surface area is 232 Å². The first-order valence-electron chi connectivity index (χ1n) is 12.4. The van der Waals surface area contributed by atoms with Gasteiger partial charge in [-0.25, -0.2) is 14.4 Å². The third-order valence-electron chi connectivity index (χ3n) is 6.64. The molecule has 0 atom stereocenters. The zero-order valence-corrected chi connectivity index (χ0v) is 22.8. The van der Waals surface area contributed by atoms with Crippen LogP contribution in [-0.2, 0) is 7.05 Å². The van der Waals surface area contributed by atoms with Crippen molar-refractivity contribution in [1.82, 2.24) is 14.0 Å². The van der Waals surface area contributed by atoms with Crippen LogP contribution in [0.15, 0.2) is 104 Å². The minimum Gasteiger partial charge on any atom is -0.507 e. The quantitative estimate of drug-likeness (QED) is 0.273. The fraction of sp³-hybridized carbons (Fsp3) is 0.100. The molecule has 0 unspecified atom stereocenters. The van der Waals surface area contributed by atoms with Crippen molar-refractivity contribution in [2.75, 3.05) is 7.11 Å². The number of hydrogen-bond donors (Lipinski definition) is 1. The molecule has 3 heterocycles. The molecule has 6 rings (SSSR count). The molecular formula is C30H25N5O4S. The number of phenols is 1. The lowest BCUT2D eigenvalue weighted by Gasteiger charge is -2.07. The summed E-state index contributed by atoms with van der Waals surface area (Å²) in [6, 6.07) is 24.0. The SMILES string of the molecule is COc1ccc(O)c(C=Nn2c(-c3cc4ccccc4o3)csc2=Nc2c(C)n(C)n(-c3ccccc3)c2=O)c1. The van der Waals surface area contributed by atoms with Crippen molar-refractivity contribution in [3.8, 4) is 28.6 Å². The predicted molar refractivity (Wildman–Crippen MR) is 156 cm³/mol. The standard InChI is InChI=1S/C30H25N5O4S/c1-19-28(29(37)35(33(19)2)22-10-5-4-6-11-22)32-30-34(31-17-21-15-23(38-3)13-14-25(21)36)24(18-40-30)27-16-20-9-7-8-12-26(20)39-27/h4-18,36H,1-3H3. The van der Waals surface area contributed by atoms with Gasteiger partial charge in [0.25, 0.3) is 5.56 Å². The van der Waals surface area contributed by atoms with Gasteiger partial charge in [-0.15, -0.1) is 11.3 Å². The summed E-state index contributed by atoms with van der Waals surface area (Å²) < 4.78 is 16.4. The van der Waals surface area contributed by atoms with Crippen LogP contribution >= 0.6 is 11.3 Å². The summed E-state index contributed by atoms with van der Waals surface area (Å²) in [6.45, 7) is 1.86. The van der Waals surface area contributed by atoms with Crippen LogP contribution in [0.2, 0.25) is 0 Å². The van der Waals surface area contributed by atoms with Crippen molar-refractivity contribution in [1.29, 1.82) is 0 Å². The van der Waals surface area contributed by atoms with Crippen LogP contribution in [0.4, 0.5) is 5.69 Å². The summed E-state index contributed by atoms with van der Waals surface area (Å²) in [5.74, 6) is 1.23. The first-order valence-corrected chi connectivity index (χ1v) is 13.3. The van der Waals surface area contributed by atoms with Crippen LogP contribution in [0.3, 0.4) is 0 Å². The molecule has 0 saturated heterocycles. The Morgan fingerprint density at radius 1 is 1.02 bits per heavy atom. The predicted octanol–water partition coefficient (Wildman–Crippen LogP) is 5.59. The fourth-order valence-electron chi connectivity index (χ4n) is 4.43. The van der Waals surface area contributed by atoms with Gasteiger partial charge < -0.3 is 14.3 Å². The lowest BCUT2D eigenvalue weighted by Crippen LogP contribution is -2.19. The smallest absolute Gasteiger partial charge is 0.297 e. The molecule has 0 saturated carbocycles. The van der Waals surface area contributed by atoms with E-state index in [1.165, 1.54) is 17.6 Å². The highest BCUT2D eigenvalue weighted by molar-refractivity contribution is 7.07. The summed E-state index contributed by atoms with van der Waals surface area (Å²) in [7, 11) is 3.39. The van der Waals surface area contributed by atoms with E-state index in [4.69, 9.17) is 14.1 Å². The van der Waals surface area contributed by atoms with Gasteiger partial charge in [-0.05, 0) is 49.4 Å². The van der Waals surface area contributed by atoms with Crippen LogP contribution < -0.4 is 15.1 Å². The van der Waals surface area contributed by atoms with Gasteiger partial charge in [-0.1, -0.05) is 36.4 Å². The van der Waals surface area contributed by atoms with E-state index in [0.29, 0.717) is 38.9 Å².